The summed E-state index contributed by atoms with van der Waals surface area (Å²) in [6.45, 7) is 6.02. The number of alkyl carbamates (subject to hydrolysis) is 1. The number of benzene rings is 1. The molecule has 0 spiro atoms. The number of amides is 3. The van der Waals surface area contributed by atoms with Crippen molar-refractivity contribution in [2.75, 3.05) is 12.9 Å². The lowest BCUT2D eigenvalue weighted by Gasteiger charge is -2.51. The van der Waals surface area contributed by atoms with Crippen molar-refractivity contribution in [1.82, 2.24) is 15.5 Å². The summed E-state index contributed by atoms with van der Waals surface area (Å²) in [5.74, 6) is -3.18. The summed E-state index contributed by atoms with van der Waals surface area (Å²) >= 11 is 2.61. The van der Waals surface area contributed by atoms with E-state index in [4.69, 9.17) is 9.47 Å². The number of carboxylic acids is 1. The molecule has 3 N–H and O–H groups in total. The molecule has 0 radical (unpaired) electrons. The number of esters is 1. The molecule has 1 aromatic rings. The lowest BCUT2D eigenvalue weighted by atomic mass is 10.0. The number of carbonyl (C=O) groups excluding carboxylic acids is 4. The SMILES string of the molecule is CSC1S[C@@H]2[C@H](NC(=O)C(NC(=O)OC(C)(C)C)c3ccccc3)C(=O)N2C(C(=O)O)=C1COC(C)=O. The number of nitrogens with zero attached hydrogens (tertiary/aromatic N) is 1. The number of fused-ring (bicyclic) bond motifs is 1. The molecule has 37 heavy (non-hydrogen) atoms. The van der Waals surface area contributed by atoms with Gasteiger partial charge in [0.15, 0.2) is 0 Å². The zero-order valence-corrected chi connectivity index (χ0v) is 22.6. The van der Waals surface area contributed by atoms with Crippen LogP contribution in [0.3, 0.4) is 0 Å². The molecule has 2 heterocycles. The molecule has 1 aromatic carbocycles. The third-order valence-corrected chi connectivity index (χ3v) is 8.25. The van der Waals surface area contributed by atoms with Crippen LogP contribution in [0.15, 0.2) is 41.6 Å². The number of nitrogens with one attached hydrogen (secondary N) is 2. The summed E-state index contributed by atoms with van der Waals surface area (Å²) in [4.78, 5) is 63.4. The van der Waals surface area contributed by atoms with Crippen LogP contribution in [0.25, 0.3) is 0 Å². The van der Waals surface area contributed by atoms with Crippen molar-refractivity contribution in [3.05, 3.63) is 47.2 Å². The highest BCUT2D eigenvalue weighted by Crippen LogP contribution is 2.47. The highest BCUT2D eigenvalue weighted by molar-refractivity contribution is 8.17. The Bertz CT molecular complexity index is 1120. The van der Waals surface area contributed by atoms with Gasteiger partial charge in [0.25, 0.3) is 5.91 Å². The van der Waals surface area contributed by atoms with Gasteiger partial charge in [-0.3, -0.25) is 19.3 Å². The van der Waals surface area contributed by atoms with Gasteiger partial charge in [0, 0.05) is 12.5 Å². The first kappa shape index (κ1) is 28.4. The molecule has 2 unspecified atom stereocenters. The number of rotatable bonds is 8. The molecule has 4 atom stereocenters. The van der Waals surface area contributed by atoms with Gasteiger partial charge in [-0.15, -0.1) is 23.5 Å². The van der Waals surface area contributed by atoms with Crippen LogP contribution in [0, 0.1) is 0 Å². The van der Waals surface area contributed by atoms with Gasteiger partial charge in [0.05, 0.1) is 4.58 Å². The quantitative estimate of drug-likeness (QED) is 0.324. The van der Waals surface area contributed by atoms with Crippen LogP contribution in [-0.2, 0) is 28.7 Å². The standard InChI is InChI=1S/C24H29N3O8S2/c1-12(28)34-11-14-17(21(31)32)27-19(30)16(20(27)37-22(14)36-5)25-18(29)15(13-9-7-6-8-10-13)26-23(33)35-24(2,3)4/h6-10,15-16,20,22H,11H2,1-5H3,(H,25,29)(H,26,33)(H,31,32)/t15?,16-,20-,22?/m1/s1. The van der Waals surface area contributed by atoms with E-state index in [2.05, 4.69) is 10.6 Å². The second-order valence-corrected chi connectivity index (χ2v) is 11.7. The first-order chi connectivity index (χ1) is 17.3. The molecule has 3 rings (SSSR count). The molecule has 0 aromatic heterocycles. The minimum absolute atomic E-state index is 0.258. The van der Waals surface area contributed by atoms with Crippen molar-refractivity contribution in [1.29, 1.82) is 0 Å². The molecule has 0 aliphatic carbocycles. The molecule has 13 heteroatoms. The number of thioether (sulfide) groups is 2. The van der Waals surface area contributed by atoms with Crippen molar-refractivity contribution in [3.8, 4) is 0 Å². The average Bonchev–Trinajstić information content (AvgIpc) is 2.82. The van der Waals surface area contributed by atoms with Gasteiger partial charge in [-0.05, 0) is 32.6 Å². The van der Waals surface area contributed by atoms with Gasteiger partial charge >= 0.3 is 18.0 Å². The molecule has 3 amide bonds. The lowest BCUT2D eigenvalue weighted by Crippen LogP contribution is -2.71. The Hall–Kier alpha value is -3.19. The van der Waals surface area contributed by atoms with E-state index in [1.165, 1.54) is 30.4 Å². The number of hydrogen-bond donors (Lipinski definition) is 3. The molecule has 1 fully saturated rings. The first-order valence-corrected chi connectivity index (χ1v) is 13.5. The van der Waals surface area contributed by atoms with Crippen molar-refractivity contribution in [3.63, 3.8) is 0 Å². The van der Waals surface area contributed by atoms with Crippen molar-refractivity contribution in [2.45, 2.75) is 55.3 Å². The predicted octanol–water partition coefficient (Wildman–Crippen LogP) is 2.24. The summed E-state index contributed by atoms with van der Waals surface area (Å²) in [7, 11) is 0. The molecule has 0 saturated carbocycles. The Labute approximate surface area is 222 Å². The van der Waals surface area contributed by atoms with Gasteiger partial charge in [-0.2, -0.15) is 0 Å². The summed E-state index contributed by atoms with van der Waals surface area (Å²) in [5.41, 5.74) is -0.279. The summed E-state index contributed by atoms with van der Waals surface area (Å²) in [6.07, 6.45) is 0.962. The van der Waals surface area contributed by atoms with E-state index in [0.29, 0.717) is 11.1 Å². The Balaban J connectivity index is 1.84. The van der Waals surface area contributed by atoms with Crippen LogP contribution in [0.4, 0.5) is 4.79 Å². The Kier molecular flexibility index (Phi) is 8.80. The summed E-state index contributed by atoms with van der Waals surface area (Å²) in [6, 6.07) is 6.30. The minimum atomic E-state index is -1.33. The summed E-state index contributed by atoms with van der Waals surface area (Å²) in [5, 5.41) is 14.4. The van der Waals surface area contributed by atoms with Crippen molar-refractivity contribution >= 4 is 53.4 Å². The molecule has 2 aliphatic heterocycles. The third-order valence-electron chi connectivity index (χ3n) is 5.34. The van der Waals surface area contributed by atoms with E-state index in [9.17, 15) is 29.1 Å². The summed E-state index contributed by atoms with van der Waals surface area (Å²) < 4.78 is 9.90. The van der Waals surface area contributed by atoms with Gasteiger partial charge in [0.2, 0.25) is 5.91 Å². The molecular formula is C24H29N3O8S2. The highest BCUT2D eigenvalue weighted by Gasteiger charge is 2.56. The maximum atomic E-state index is 13.3. The number of β-lactam (4-membered cyclic amide) rings is 1. The second kappa shape index (κ2) is 11.5. The zero-order valence-electron chi connectivity index (χ0n) is 21.0. The van der Waals surface area contributed by atoms with Crippen LogP contribution >= 0.6 is 23.5 Å². The minimum Gasteiger partial charge on any atom is -0.477 e. The predicted molar refractivity (Wildman–Crippen MR) is 137 cm³/mol. The Morgan fingerprint density at radius 3 is 2.38 bits per heavy atom. The molecule has 2 aliphatic rings. The topological polar surface area (TPSA) is 151 Å². The largest absolute Gasteiger partial charge is 0.477 e. The number of ether oxygens (including phenoxy) is 2. The van der Waals surface area contributed by atoms with E-state index >= 15 is 0 Å². The first-order valence-electron chi connectivity index (χ1n) is 11.3. The molecule has 11 nitrogen and oxygen atoms in total. The molecule has 0 bridgehead atoms. The van der Waals surface area contributed by atoms with Crippen molar-refractivity contribution < 1.29 is 38.6 Å². The van der Waals surface area contributed by atoms with Crippen molar-refractivity contribution in [2.24, 2.45) is 0 Å². The van der Waals surface area contributed by atoms with Crippen LogP contribution < -0.4 is 10.6 Å². The maximum absolute atomic E-state index is 13.3. The van der Waals surface area contributed by atoms with Gasteiger partial charge < -0.3 is 25.2 Å². The third kappa shape index (κ3) is 6.58. The van der Waals surface area contributed by atoms with Crippen LogP contribution in [0.1, 0.15) is 39.3 Å². The van der Waals surface area contributed by atoms with Crippen LogP contribution in [0.2, 0.25) is 0 Å². The van der Waals surface area contributed by atoms with Gasteiger partial charge in [0.1, 0.15) is 35.4 Å². The smallest absolute Gasteiger partial charge is 0.408 e. The van der Waals surface area contributed by atoms with Gasteiger partial charge in [-0.25, -0.2) is 9.59 Å². The van der Waals surface area contributed by atoms with E-state index in [-0.39, 0.29) is 12.3 Å². The van der Waals surface area contributed by atoms with E-state index in [1.807, 2.05) is 0 Å². The lowest BCUT2D eigenvalue weighted by molar-refractivity contribution is -0.151. The molecule has 200 valence electrons. The van der Waals surface area contributed by atoms with Crippen LogP contribution in [-0.4, -0.2) is 74.3 Å². The van der Waals surface area contributed by atoms with E-state index in [0.717, 1.165) is 4.90 Å². The fourth-order valence-electron chi connectivity index (χ4n) is 3.81. The average molecular weight is 552 g/mol. The number of aliphatic carboxylic acids is 1. The Morgan fingerprint density at radius 1 is 1.19 bits per heavy atom. The number of carbonyl (C=O) groups is 5. The van der Waals surface area contributed by atoms with Gasteiger partial charge in [-0.1, -0.05) is 30.3 Å². The van der Waals surface area contributed by atoms with Crippen LogP contribution in [0.5, 0.6) is 0 Å². The fraction of sp³-hybridized carbons (Fsp3) is 0.458. The normalized spacial score (nSPS) is 21.8. The van der Waals surface area contributed by atoms with E-state index < -0.39 is 57.5 Å². The monoisotopic (exact) mass is 551 g/mol. The zero-order chi connectivity index (χ0) is 27.5. The maximum Gasteiger partial charge on any atom is 0.408 e. The number of carboxylic acid groups (broad SMARTS) is 1. The second-order valence-electron chi connectivity index (χ2n) is 9.24. The Morgan fingerprint density at radius 2 is 1.84 bits per heavy atom. The molecule has 1 saturated heterocycles. The highest BCUT2D eigenvalue weighted by atomic mass is 32.2. The van der Waals surface area contributed by atoms with E-state index in [1.54, 1.807) is 57.4 Å². The number of hydrogen-bond acceptors (Lipinski definition) is 9. The molecular weight excluding hydrogens is 522 g/mol. The fourth-order valence-corrected chi connectivity index (χ4v) is 6.33.